The molecule has 2 aromatic rings. The SMILES string of the molecule is O=C(NC1CCC(O)C1)c1noc(-c2ccc(Cl)c(F)c2)c1Cl. The lowest BCUT2D eigenvalue weighted by Gasteiger charge is -2.10. The molecule has 0 bridgehead atoms. The van der Waals surface area contributed by atoms with Gasteiger partial charge in [0.15, 0.2) is 11.5 Å². The molecule has 1 amide bonds. The fourth-order valence-corrected chi connectivity index (χ4v) is 2.96. The minimum Gasteiger partial charge on any atom is -0.393 e. The van der Waals surface area contributed by atoms with Crippen molar-refractivity contribution in [3.05, 3.63) is 39.8 Å². The molecule has 1 saturated carbocycles. The molecule has 0 spiro atoms. The second-order valence-electron chi connectivity index (χ2n) is 5.44. The summed E-state index contributed by atoms with van der Waals surface area (Å²) in [5, 5.41) is 15.9. The zero-order valence-electron chi connectivity index (χ0n) is 11.9. The summed E-state index contributed by atoms with van der Waals surface area (Å²) in [5.74, 6) is -1.01. The second kappa shape index (κ2) is 6.47. The number of aliphatic hydroxyl groups is 1. The number of nitrogens with one attached hydrogen (secondary N) is 1. The van der Waals surface area contributed by atoms with Gasteiger partial charge in [-0.2, -0.15) is 0 Å². The molecule has 0 saturated heterocycles. The average Bonchev–Trinajstić information content (AvgIpc) is 3.08. The van der Waals surface area contributed by atoms with Gasteiger partial charge in [0.25, 0.3) is 5.91 Å². The number of carbonyl (C=O) groups excluding carboxylic acids is 1. The van der Waals surface area contributed by atoms with Gasteiger partial charge < -0.3 is 14.9 Å². The molecular formula is C15H13Cl2FN2O3. The van der Waals surface area contributed by atoms with Crippen LogP contribution >= 0.6 is 23.2 Å². The maximum absolute atomic E-state index is 13.5. The van der Waals surface area contributed by atoms with Gasteiger partial charge in [-0.1, -0.05) is 28.4 Å². The highest BCUT2D eigenvalue weighted by Gasteiger charge is 2.28. The Labute approximate surface area is 141 Å². The van der Waals surface area contributed by atoms with E-state index in [9.17, 15) is 14.3 Å². The molecule has 1 aliphatic rings. The fourth-order valence-electron chi connectivity index (χ4n) is 2.58. The molecule has 5 nitrogen and oxygen atoms in total. The van der Waals surface area contributed by atoms with Crippen molar-refractivity contribution in [2.75, 3.05) is 0 Å². The van der Waals surface area contributed by atoms with Crippen LogP contribution in [0.2, 0.25) is 10.0 Å². The molecule has 122 valence electrons. The van der Waals surface area contributed by atoms with Crippen LogP contribution in [0.4, 0.5) is 4.39 Å². The molecule has 1 heterocycles. The molecule has 3 rings (SSSR count). The van der Waals surface area contributed by atoms with Gasteiger partial charge in [0.2, 0.25) is 0 Å². The number of hydrogen-bond acceptors (Lipinski definition) is 4. The molecule has 2 N–H and O–H groups in total. The predicted octanol–water partition coefficient (Wildman–Crippen LogP) is 3.43. The van der Waals surface area contributed by atoms with Gasteiger partial charge in [0, 0.05) is 11.6 Å². The Balaban J connectivity index is 1.81. The van der Waals surface area contributed by atoms with Crippen LogP contribution in [0.1, 0.15) is 29.8 Å². The van der Waals surface area contributed by atoms with Crippen molar-refractivity contribution in [2.45, 2.75) is 31.4 Å². The monoisotopic (exact) mass is 358 g/mol. The summed E-state index contributed by atoms with van der Waals surface area (Å²) in [7, 11) is 0. The number of carbonyl (C=O) groups is 1. The number of benzene rings is 1. The van der Waals surface area contributed by atoms with Gasteiger partial charge in [0.05, 0.1) is 11.1 Å². The van der Waals surface area contributed by atoms with Crippen LogP contribution in [0.3, 0.4) is 0 Å². The van der Waals surface area contributed by atoms with E-state index in [1.54, 1.807) is 0 Å². The molecule has 0 radical (unpaired) electrons. The molecule has 23 heavy (non-hydrogen) atoms. The normalized spacial score (nSPS) is 20.7. The van der Waals surface area contributed by atoms with Gasteiger partial charge in [-0.3, -0.25) is 4.79 Å². The number of hydrogen-bond donors (Lipinski definition) is 2. The van der Waals surface area contributed by atoms with E-state index in [2.05, 4.69) is 10.5 Å². The van der Waals surface area contributed by atoms with Crippen LogP contribution in [0.15, 0.2) is 22.7 Å². The van der Waals surface area contributed by atoms with Crippen LogP contribution in [0.25, 0.3) is 11.3 Å². The molecule has 1 aliphatic carbocycles. The van der Waals surface area contributed by atoms with Crippen LogP contribution in [0, 0.1) is 5.82 Å². The van der Waals surface area contributed by atoms with Crippen molar-refractivity contribution >= 4 is 29.1 Å². The van der Waals surface area contributed by atoms with Crippen molar-refractivity contribution in [2.24, 2.45) is 0 Å². The maximum atomic E-state index is 13.5. The van der Waals surface area contributed by atoms with E-state index in [-0.39, 0.29) is 27.5 Å². The number of amides is 1. The molecular weight excluding hydrogens is 346 g/mol. The van der Waals surface area contributed by atoms with Crippen molar-refractivity contribution in [3.8, 4) is 11.3 Å². The molecule has 2 unspecified atom stereocenters. The zero-order valence-corrected chi connectivity index (χ0v) is 13.4. The fraction of sp³-hybridized carbons (Fsp3) is 0.333. The largest absolute Gasteiger partial charge is 0.393 e. The van der Waals surface area contributed by atoms with E-state index in [0.717, 1.165) is 6.07 Å². The zero-order chi connectivity index (χ0) is 16.6. The lowest BCUT2D eigenvalue weighted by molar-refractivity contribution is 0.0925. The average molecular weight is 359 g/mol. The predicted molar refractivity (Wildman–Crippen MR) is 83.0 cm³/mol. The number of halogens is 3. The highest BCUT2D eigenvalue weighted by atomic mass is 35.5. The Morgan fingerprint density at radius 3 is 2.83 bits per heavy atom. The number of aliphatic hydroxyl groups excluding tert-OH is 1. The topological polar surface area (TPSA) is 75.4 Å². The Morgan fingerprint density at radius 1 is 1.39 bits per heavy atom. The highest BCUT2D eigenvalue weighted by Crippen LogP contribution is 2.32. The van der Waals surface area contributed by atoms with E-state index in [1.807, 2.05) is 0 Å². The Bertz CT molecular complexity index is 750. The van der Waals surface area contributed by atoms with Crippen LogP contribution in [-0.4, -0.2) is 28.3 Å². The molecule has 8 heteroatoms. The lowest BCUT2D eigenvalue weighted by Crippen LogP contribution is -2.33. The second-order valence-corrected chi connectivity index (χ2v) is 6.23. The van der Waals surface area contributed by atoms with Gasteiger partial charge in [-0.25, -0.2) is 4.39 Å². The third-order valence-electron chi connectivity index (χ3n) is 3.77. The minimum atomic E-state index is -0.623. The maximum Gasteiger partial charge on any atom is 0.275 e. The summed E-state index contributed by atoms with van der Waals surface area (Å²) in [6, 6.07) is 3.92. The smallest absolute Gasteiger partial charge is 0.275 e. The molecule has 2 atom stereocenters. The summed E-state index contributed by atoms with van der Waals surface area (Å²) >= 11 is 11.8. The van der Waals surface area contributed by atoms with Gasteiger partial charge in [-0.05, 0) is 37.5 Å². The Kier molecular flexibility index (Phi) is 4.57. The number of rotatable bonds is 3. The Morgan fingerprint density at radius 2 is 2.17 bits per heavy atom. The molecule has 0 aliphatic heterocycles. The highest BCUT2D eigenvalue weighted by molar-refractivity contribution is 6.35. The standard InChI is InChI=1S/C15H13Cl2FN2O3/c16-10-4-1-7(5-11(10)18)14-12(17)13(20-23-14)15(22)19-8-2-3-9(21)6-8/h1,4-5,8-9,21H,2-3,6H2,(H,19,22). The van der Waals surface area contributed by atoms with E-state index >= 15 is 0 Å². The number of nitrogens with zero attached hydrogens (tertiary/aromatic N) is 1. The molecule has 1 fully saturated rings. The van der Waals surface area contributed by atoms with E-state index in [1.165, 1.54) is 12.1 Å². The van der Waals surface area contributed by atoms with Gasteiger partial charge in [-0.15, -0.1) is 0 Å². The first-order valence-electron chi connectivity index (χ1n) is 7.05. The van der Waals surface area contributed by atoms with Crippen molar-refractivity contribution in [1.29, 1.82) is 0 Å². The van der Waals surface area contributed by atoms with Gasteiger partial charge >= 0.3 is 0 Å². The van der Waals surface area contributed by atoms with Crippen LogP contribution in [-0.2, 0) is 0 Å². The minimum absolute atomic E-state index is 0.00256. The van der Waals surface area contributed by atoms with Crippen molar-refractivity contribution < 1.29 is 18.8 Å². The number of aromatic nitrogens is 1. The van der Waals surface area contributed by atoms with E-state index in [0.29, 0.717) is 24.8 Å². The van der Waals surface area contributed by atoms with Crippen LogP contribution in [0.5, 0.6) is 0 Å². The van der Waals surface area contributed by atoms with Crippen LogP contribution < -0.4 is 5.32 Å². The third kappa shape index (κ3) is 3.34. The van der Waals surface area contributed by atoms with E-state index < -0.39 is 17.8 Å². The van der Waals surface area contributed by atoms with Crippen molar-refractivity contribution in [1.82, 2.24) is 10.5 Å². The summed E-state index contributed by atoms with van der Waals surface area (Å²) in [4.78, 5) is 12.2. The lowest BCUT2D eigenvalue weighted by atomic mass is 10.1. The third-order valence-corrected chi connectivity index (χ3v) is 4.43. The summed E-state index contributed by atoms with van der Waals surface area (Å²) in [6.07, 6.45) is 1.43. The van der Waals surface area contributed by atoms with Gasteiger partial charge in [0.1, 0.15) is 10.8 Å². The first kappa shape index (κ1) is 16.2. The summed E-state index contributed by atoms with van der Waals surface area (Å²) in [5.41, 5.74) is 0.262. The quantitative estimate of drug-likeness (QED) is 0.881. The summed E-state index contributed by atoms with van der Waals surface area (Å²) in [6.45, 7) is 0. The van der Waals surface area contributed by atoms with E-state index in [4.69, 9.17) is 27.7 Å². The summed E-state index contributed by atoms with van der Waals surface area (Å²) < 4.78 is 18.6. The first-order chi connectivity index (χ1) is 11.0. The first-order valence-corrected chi connectivity index (χ1v) is 7.81. The molecule has 1 aromatic heterocycles. The van der Waals surface area contributed by atoms with Crippen molar-refractivity contribution in [3.63, 3.8) is 0 Å². The molecule has 1 aromatic carbocycles. The Hall–Kier alpha value is -1.63.